The van der Waals surface area contributed by atoms with Crippen molar-refractivity contribution in [3.8, 4) is 0 Å². The first-order valence-electron chi connectivity index (χ1n) is 6.48. The Bertz CT molecular complexity index is 559. The van der Waals surface area contributed by atoms with Crippen molar-refractivity contribution in [2.24, 2.45) is 0 Å². The van der Waals surface area contributed by atoms with Crippen LogP contribution < -0.4 is 5.32 Å². The minimum Gasteiger partial charge on any atom is -0.379 e. The lowest BCUT2D eigenvalue weighted by atomic mass is 10.1. The van der Waals surface area contributed by atoms with Crippen LogP contribution in [0, 0.1) is 11.2 Å². The first-order valence-corrected chi connectivity index (χ1v) is 6.48. The van der Waals surface area contributed by atoms with Gasteiger partial charge in [-0.3, -0.25) is 4.98 Å². The lowest BCUT2D eigenvalue weighted by Gasteiger charge is -2.13. The van der Waals surface area contributed by atoms with E-state index >= 15 is 0 Å². The standard InChI is InChI=1S/C16H20FN3/c1-5-12-8-9-19-15(16(12)17)10-20-11(4)13(6-2)14(18)7-3/h5-6,8-9,18,20H,1,4,7,10H2,2-3H3/b13-6-,18-14?. The zero-order valence-corrected chi connectivity index (χ0v) is 12.0. The Morgan fingerprint density at radius 1 is 1.55 bits per heavy atom. The molecule has 0 radical (unpaired) electrons. The Hall–Kier alpha value is -2.23. The lowest BCUT2D eigenvalue weighted by molar-refractivity contribution is 0.587. The molecule has 0 spiro atoms. The number of hydrogen-bond acceptors (Lipinski definition) is 3. The van der Waals surface area contributed by atoms with Crippen LogP contribution >= 0.6 is 0 Å². The number of halogens is 1. The number of pyridine rings is 1. The summed E-state index contributed by atoms with van der Waals surface area (Å²) in [7, 11) is 0. The molecule has 0 fully saturated rings. The molecule has 0 unspecified atom stereocenters. The zero-order chi connectivity index (χ0) is 15.1. The largest absolute Gasteiger partial charge is 0.379 e. The van der Waals surface area contributed by atoms with E-state index in [4.69, 9.17) is 5.41 Å². The average Bonchev–Trinajstić information content (AvgIpc) is 2.46. The van der Waals surface area contributed by atoms with Crippen molar-refractivity contribution in [1.82, 2.24) is 10.3 Å². The van der Waals surface area contributed by atoms with E-state index in [1.165, 1.54) is 6.08 Å². The molecule has 1 rings (SSSR count). The zero-order valence-electron chi connectivity index (χ0n) is 12.0. The van der Waals surface area contributed by atoms with Gasteiger partial charge in [-0.05, 0) is 19.4 Å². The summed E-state index contributed by atoms with van der Waals surface area (Å²) in [5.74, 6) is -0.379. The monoisotopic (exact) mass is 273 g/mol. The molecule has 3 nitrogen and oxygen atoms in total. The number of aromatic nitrogens is 1. The molecule has 2 N–H and O–H groups in total. The summed E-state index contributed by atoms with van der Waals surface area (Å²) in [6.45, 7) is 11.4. The molecule has 0 saturated carbocycles. The molecule has 4 heteroatoms. The third kappa shape index (κ3) is 3.63. The van der Waals surface area contributed by atoms with E-state index in [0.717, 1.165) is 5.57 Å². The predicted octanol–water partition coefficient (Wildman–Crippen LogP) is 3.84. The van der Waals surface area contributed by atoms with Crippen molar-refractivity contribution in [2.75, 3.05) is 0 Å². The van der Waals surface area contributed by atoms with Gasteiger partial charge in [0.1, 0.15) is 0 Å². The van der Waals surface area contributed by atoms with Crippen LogP contribution in [0.2, 0.25) is 0 Å². The molecule has 0 bridgehead atoms. The van der Waals surface area contributed by atoms with Gasteiger partial charge in [-0.1, -0.05) is 32.2 Å². The number of hydrogen-bond donors (Lipinski definition) is 2. The number of rotatable bonds is 7. The third-order valence-corrected chi connectivity index (χ3v) is 2.97. The van der Waals surface area contributed by atoms with Gasteiger partial charge in [0, 0.05) is 28.7 Å². The molecule has 0 atom stereocenters. The van der Waals surface area contributed by atoms with Crippen molar-refractivity contribution in [2.45, 2.75) is 26.8 Å². The fourth-order valence-corrected chi connectivity index (χ4v) is 1.79. The Balaban J connectivity index is 2.80. The van der Waals surface area contributed by atoms with Crippen LogP contribution in [-0.4, -0.2) is 10.7 Å². The fraction of sp³-hybridized carbons (Fsp3) is 0.250. The van der Waals surface area contributed by atoms with Crippen molar-refractivity contribution in [3.63, 3.8) is 0 Å². The third-order valence-electron chi connectivity index (χ3n) is 2.97. The SMILES string of the molecule is C=Cc1ccnc(CNC(=C)/C(=C/C)C(=N)CC)c1F. The Morgan fingerprint density at radius 3 is 2.80 bits per heavy atom. The molecule has 106 valence electrons. The van der Waals surface area contributed by atoms with E-state index in [9.17, 15) is 4.39 Å². The van der Waals surface area contributed by atoms with E-state index in [1.54, 1.807) is 12.3 Å². The first-order chi connectivity index (χ1) is 9.54. The molecule has 0 aromatic carbocycles. The maximum atomic E-state index is 14.0. The van der Waals surface area contributed by atoms with Crippen LogP contribution in [0.25, 0.3) is 6.08 Å². The van der Waals surface area contributed by atoms with Gasteiger partial charge in [0.25, 0.3) is 0 Å². The van der Waals surface area contributed by atoms with E-state index in [-0.39, 0.29) is 12.4 Å². The maximum absolute atomic E-state index is 14.0. The molecule has 0 saturated heterocycles. The van der Waals surface area contributed by atoms with Crippen LogP contribution in [0.15, 0.2) is 42.8 Å². The molecule has 0 amide bonds. The second-order valence-corrected chi connectivity index (χ2v) is 4.23. The summed E-state index contributed by atoms with van der Waals surface area (Å²) in [5.41, 5.74) is 2.58. The van der Waals surface area contributed by atoms with Crippen LogP contribution in [0.4, 0.5) is 4.39 Å². The Labute approximate surface area is 119 Å². The molecule has 1 aromatic heterocycles. The highest BCUT2D eigenvalue weighted by Gasteiger charge is 2.10. The topological polar surface area (TPSA) is 48.8 Å². The summed E-state index contributed by atoms with van der Waals surface area (Å²) >= 11 is 0. The highest BCUT2D eigenvalue weighted by Crippen LogP contribution is 2.13. The summed E-state index contributed by atoms with van der Waals surface area (Å²) in [6.07, 6.45) is 5.45. The van der Waals surface area contributed by atoms with Gasteiger partial charge in [0.2, 0.25) is 0 Å². The van der Waals surface area contributed by atoms with Crippen LogP contribution in [-0.2, 0) is 6.54 Å². The highest BCUT2D eigenvalue weighted by atomic mass is 19.1. The van der Waals surface area contributed by atoms with Crippen molar-refractivity contribution >= 4 is 11.8 Å². The van der Waals surface area contributed by atoms with E-state index < -0.39 is 0 Å². The molecule has 1 aromatic rings. The summed E-state index contributed by atoms with van der Waals surface area (Å²) in [6, 6.07) is 1.57. The molecular formula is C16H20FN3. The minimum absolute atomic E-state index is 0.223. The van der Waals surface area contributed by atoms with Crippen molar-refractivity contribution in [3.05, 3.63) is 59.8 Å². The molecule has 0 aliphatic carbocycles. The molecule has 20 heavy (non-hydrogen) atoms. The smallest absolute Gasteiger partial charge is 0.153 e. The van der Waals surface area contributed by atoms with E-state index in [2.05, 4.69) is 23.5 Å². The van der Waals surface area contributed by atoms with E-state index in [0.29, 0.717) is 29.1 Å². The van der Waals surface area contributed by atoms with Crippen molar-refractivity contribution < 1.29 is 4.39 Å². The first kappa shape index (κ1) is 15.8. The Morgan fingerprint density at radius 2 is 2.25 bits per heavy atom. The van der Waals surface area contributed by atoms with Crippen LogP contribution in [0.5, 0.6) is 0 Å². The summed E-state index contributed by atoms with van der Waals surface area (Å²) in [4.78, 5) is 4.01. The van der Waals surface area contributed by atoms with Gasteiger partial charge in [-0.15, -0.1) is 0 Å². The summed E-state index contributed by atoms with van der Waals surface area (Å²) < 4.78 is 14.0. The molecular weight excluding hydrogens is 253 g/mol. The normalized spacial score (nSPS) is 11.1. The lowest BCUT2D eigenvalue weighted by Crippen LogP contribution is -2.19. The van der Waals surface area contributed by atoms with Gasteiger partial charge in [0.05, 0.1) is 12.2 Å². The minimum atomic E-state index is -0.379. The maximum Gasteiger partial charge on any atom is 0.153 e. The quantitative estimate of drug-likeness (QED) is 0.585. The number of nitrogens with zero attached hydrogens (tertiary/aromatic N) is 1. The van der Waals surface area contributed by atoms with Crippen LogP contribution in [0.3, 0.4) is 0 Å². The van der Waals surface area contributed by atoms with Gasteiger partial charge < -0.3 is 10.7 Å². The molecule has 1 heterocycles. The molecule has 0 aliphatic rings. The van der Waals surface area contributed by atoms with Crippen molar-refractivity contribution in [1.29, 1.82) is 5.41 Å². The predicted molar refractivity (Wildman–Crippen MR) is 82.0 cm³/mol. The fourth-order valence-electron chi connectivity index (χ4n) is 1.79. The second kappa shape index (κ2) is 7.38. The van der Waals surface area contributed by atoms with Gasteiger partial charge in [-0.2, -0.15) is 0 Å². The highest BCUT2D eigenvalue weighted by molar-refractivity contribution is 6.01. The van der Waals surface area contributed by atoms with Gasteiger partial charge in [0.15, 0.2) is 5.82 Å². The van der Waals surface area contributed by atoms with E-state index in [1.807, 2.05) is 19.9 Å². The Kier molecular flexibility index (Phi) is 5.84. The van der Waals surface area contributed by atoms with Gasteiger partial charge in [-0.25, -0.2) is 4.39 Å². The second-order valence-electron chi connectivity index (χ2n) is 4.23. The summed E-state index contributed by atoms with van der Waals surface area (Å²) in [5, 5.41) is 10.9. The van der Waals surface area contributed by atoms with Gasteiger partial charge >= 0.3 is 0 Å². The average molecular weight is 273 g/mol. The number of allylic oxidation sites excluding steroid dienone is 2. The number of nitrogens with one attached hydrogen (secondary N) is 2. The van der Waals surface area contributed by atoms with Crippen LogP contribution in [0.1, 0.15) is 31.5 Å². The molecule has 0 aliphatic heterocycles.